The maximum Gasteiger partial charge on any atom is 0.237 e. The molecule has 5 atom stereocenters. The lowest BCUT2D eigenvalue weighted by atomic mass is 9.70. The molecule has 1 amide bonds. The van der Waals surface area contributed by atoms with Crippen molar-refractivity contribution in [3.63, 3.8) is 0 Å². The number of likely N-dealkylation sites (tertiary alicyclic amines) is 1. The first-order chi connectivity index (χ1) is 10.7. The van der Waals surface area contributed by atoms with Crippen molar-refractivity contribution in [1.29, 1.82) is 5.41 Å². The first-order valence-corrected chi connectivity index (χ1v) is 9.06. The number of nitrogens with one attached hydrogen (secondary N) is 2. The molecule has 4 unspecified atom stereocenters. The predicted molar refractivity (Wildman–Crippen MR) is 88.5 cm³/mol. The molecule has 4 fully saturated rings. The van der Waals surface area contributed by atoms with Crippen molar-refractivity contribution in [2.75, 3.05) is 13.1 Å². The van der Waals surface area contributed by atoms with Gasteiger partial charge < -0.3 is 20.7 Å². The van der Waals surface area contributed by atoms with E-state index >= 15 is 0 Å². The van der Waals surface area contributed by atoms with Crippen molar-refractivity contribution in [2.24, 2.45) is 11.3 Å². The molecular weight excluding hydrogens is 290 g/mol. The van der Waals surface area contributed by atoms with Crippen molar-refractivity contribution < 1.29 is 9.90 Å². The molecule has 0 radical (unpaired) electrons. The van der Waals surface area contributed by atoms with Crippen LogP contribution >= 0.6 is 0 Å². The van der Waals surface area contributed by atoms with Crippen molar-refractivity contribution in [2.45, 2.75) is 76.0 Å². The Morgan fingerprint density at radius 1 is 1.35 bits per heavy atom. The van der Waals surface area contributed by atoms with Gasteiger partial charge in [-0.1, -0.05) is 0 Å². The maximum absolute atomic E-state index is 12.6. The van der Waals surface area contributed by atoms with E-state index in [2.05, 4.69) is 12.2 Å². The largest absolute Gasteiger partial charge is 0.390 e. The van der Waals surface area contributed by atoms with E-state index < -0.39 is 5.60 Å². The second kappa shape index (κ2) is 4.79. The number of rotatable bonds is 4. The highest BCUT2D eigenvalue weighted by Crippen LogP contribution is 2.73. The third-order valence-electron chi connectivity index (χ3n) is 6.87. The summed E-state index contributed by atoms with van der Waals surface area (Å²) in [4.78, 5) is 14.5. The fraction of sp³-hybridized carbons (Fsp3) is 0.889. The van der Waals surface area contributed by atoms with Gasteiger partial charge in [0, 0.05) is 17.8 Å². The smallest absolute Gasteiger partial charge is 0.237 e. The second-order valence-electron chi connectivity index (χ2n) is 9.06. The summed E-state index contributed by atoms with van der Waals surface area (Å²) in [6.07, 6.45) is 6.96. The Hall–Kier alpha value is -0.940. The van der Waals surface area contributed by atoms with Gasteiger partial charge in [0.25, 0.3) is 0 Å². The molecule has 1 saturated heterocycles. The molecule has 0 aromatic carbocycles. The summed E-state index contributed by atoms with van der Waals surface area (Å²) in [6, 6.07) is -0.00441. The van der Waals surface area contributed by atoms with E-state index in [1.807, 2.05) is 4.90 Å². The van der Waals surface area contributed by atoms with Crippen LogP contribution in [0.2, 0.25) is 0 Å². The normalized spacial score (nSPS) is 47.5. The Labute approximate surface area is 138 Å². The third-order valence-corrected chi connectivity index (χ3v) is 6.87. The number of hydrogen-bond acceptors (Lipinski definition) is 4. The summed E-state index contributed by atoms with van der Waals surface area (Å²) in [7, 11) is 0. The minimum atomic E-state index is -0.506. The Balaban J connectivity index is 1.39. The van der Waals surface area contributed by atoms with Gasteiger partial charge in [0.05, 0.1) is 18.2 Å². The highest BCUT2D eigenvalue weighted by Gasteiger charge is 2.70. The lowest BCUT2D eigenvalue weighted by Gasteiger charge is -2.45. The van der Waals surface area contributed by atoms with E-state index in [1.165, 1.54) is 6.42 Å². The highest BCUT2D eigenvalue weighted by atomic mass is 16.3. The molecule has 3 N–H and O–H groups in total. The standard InChI is InChI=1S/C18H29N3O2/c1-12(19)14-4-3-5-21(14)15(22)8-20-16(2)9-17-6-13(17)7-18(23,10-16)11-17/h13-14,19-20,23H,3-11H2,1-2H3/t13?,14-,16?,17?,18?/m0/s1. The fourth-order valence-corrected chi connectivity index (χ4v) is 6.13. The zero-order valence-corrected chi connectivity index (χ0v) is 14.3. The molecule has 23 heavy (non-hydrogen) atoms. The van der Waals surface area contributed by atoms with E-state index in [0.29, 0.717) is 17.7 Å². The van der Waals surface area contributed by atoms with E-state index in [4.69, 9.17) is 5.41 Å². The van der Waals surface area contributed by atoms with Crippen molar-refractivity contribution in [3.8, 4) is 0 Å². The van der Waals surface area contributed by atoms with Crippen LogP contribution < -0.4 is 5.32 Å². The zero-order valence-electron chi connectivity index (χ0n) is 14.3. The number of aliphatic hydroxyl groups is 1. The molecular formula is C18H29N3O2. The molecule has 2 bridgehead atoms. The van der Waals surface area contributed by atoms with Crippen LogP contribution in [-0.2, 0) is 4.79 Å². The lowest BCUT2D eigenvalue weighted by molar-refractivity contribution is -0.131. The molecule has 1 spiro atoms. The van der Waals surface area contributed by atoms with Crippen LogP contribution in [0.5, 0.6) is 0 Å². The summed E-state index contributed by atoms with van der Waals surface area (Å²) in [5, 5.41) is 22.1. The zero-order chi connectivity index (χ0) is 16.5. The van der Waals surface area contributed by atoms with E-state index in [1.54, 1.807) is 6.92 Å². The van der Waals surface area contributed by atoms with Crippen molar-refractivity contribution in [1.82, 2.24) is 10.2 Å². The van der Waals surface area contributed by atoms with Crippen LogP contribution in [-0.4, -0.2) is 51.9 Å². The Morgan fingerprint density at radius 2 is 2.13 bits per heavy atom. The van der Waals surface area contributed by atoms with Crippen LogP contribution in [0.1, 0.15) is 58.8 Å². The van der Waals surface area contributed by atoms with Crippen LogP contribution in [0.25, 0.3) is 0 Å². The molecule has 3 aliphatic carbocycles. The Bertz CT molecular complexity index is 556. The molecule has 128 valence electrons. The Morgan fingerprint density at radius 3 is 2.83 bits per heavy atom. The van der Waals surface area contributed by atoms with Gasteiger partial charge in [-0.2, -0.15) is 0 Å². The molecule has 3 saturated carbocycles. The summed E-state index contributed by atoms with van der Waals surface area (Å²) >= 11 is 0. The average molecular weight is 319 g/mol. The number of fused-ring (bicyclic) bond motifs is 1. The highest BCUT2D eigenvalue weighted by molar-refractivity contribution is 5.90. The molecule has 5 heteroatoms. The monoisotopic (exact) mass is 319 g/mol. The third kappa shape index (κ3) is 2.52. The van der Waals surface area contributed by atoms with Crippen molar-refractivity contribution >= 4 is 11.6 Å². The quantitative estimate of drug-likeness (QED) is 0.690. The summed E-state index contributed by atoms with van der Waals surface area (Å²) < 4.78 is 0. The van der Waals surface area contributed by atoms with Crippen LogP contribution in [0.4, 0.5) is 0 Å². The molecule has 4 rings (SSSR count). The van der Waals surface area contributed by atoms with Gasteiger partial charge in [-0.25, -0.2) is 0 Å². The average Bonchev–Trinajstić information content (AvgIpc) is 2.86. The number of nitrogens with zero attached hydrogens (tertiary/aromatic N) is 1. The van der Waals surface area contributed by atoms with Crippen LogP contribution in [0, 0.1) is 16.7 Å². The molecule has 1 heterocycles. The summed E-state index contributed by atoms with van der Waals surface area (Å²) in [5.74, 6) is 0.824. The van der Waals surface area contributed by atoms with Crippen LogP contribution in [0.3, 0.4) is 0 Å². The molecule has 0 aromatic heterocycles. The first-order valence-electron chi connectivity index (χ1n) is 9.06. The SMILES string of the molecule is CC(=N)[C@@H]1CCCN1C(=O)CNC1(C)CC2(O)CC3CC3(C2)C1. The van der Waals surface area contributed by atoms with Gasteiger partial charge in [-0.15, -0.1) is 0 Å². The molecule has 5 nitrogen and oxygen atoms in total. The van der Waals surface area contributed by atoms with E-state index in [-0.39, 0.29) is 17.5 Å². The van der Waals surface area contributed by atoms with Crippen LogP contribution in [0.15, 0.2) is 0 Å². The number of hydrogen-bond donors (Lipinski definition) is 3. The maximum atomic E-state index is 12.6. The number of amides is 1. The fourth-order valence-electron chi connectivity index (χ4n) is 6.13. The van der Waals surface area contributed by atoms with E-state index in [9.17, 15) is 9.90 Å². The van der Waals surface area contributed by atoms with Gasteiger partial charge in [0.2, 0.25) is 5.91 Å². The summed E-state index contributed by atoms with van der Waals surface area (Å²) in [6.45, 7) is 5.08. The first kappa shape index (κ1) is 15.6. The number of carbonyl (C=O) groups excluding carboxylic acids is 1. The van der Waals surface area contributed by atoms with Crippen molar-refractivity contribution in [3.05, 3.63) is 0 Å². The minimum absolute atomic E-state index is 0.00441. The van der Waals surface area contributed by atoms with Gasteiger partial charge in [0.1, 0.15) is 0 Å². The van der Waals surface area contributed by atoms with Gasteiger partial charge >= 0.3 is 0 Å². The minimum Gasteiger partial charge on any atom is -0.390 e. The van der Waals surface area contributed by atoms with Gasteiger partial charge in [-0.05, 0) is 70.1 Å². The lowest BCUT2D eigenvalue weighted by Crippen LogP contribution is -2.56. The summed E-state index contributed by atoms with van der Waals surface area (Å²) in [5.41, 5.74) is 0.308. The molecule has 0 aromatic rings. The van der Waals surface area contributed by atoms with Gasteiger partial charge in [-0.3, -0.25) is 4.79 Å². The number of carbonyl (C=O) groups is 1. The van der Waals surface area contributed by atoms with Gasteiger partial charge in [0.15, 0.2) is 0 Å². The second-order valence-corrected chi connectivity index (χ2v) is 9.06. The Kier molecular flexibility index (Phi) is 3.24. The molecule has 1 aliphatic heterocycles. The topological polar surface area (TPSA) is 76.4 Å². The predicted octanol–water partition coefficient (Wildman–Crippen LogP) is 1.69. The molecule has 4 aliphatic rings. The van der Waals surface area contributed by atoms with E-state index in [0.717, 1.165) is 51.0 Å².